The van der Waals surface area contributed by atoms with Gasteiger partial charge in [-0.05, 0) is 18.2 Å². The summed E-state index contributed by atoms with van der Waals surface area (Å²) in [6.07, 6.45) is 8.49. The van der Waals surface area contributed by atoms with Crippen molar-refractivity contribution in [2.24, 2.45) is 5.73 Å². The summed E-state index contributed by atoms with van der Waals surface area (Å²) in [5.41, 5.74) is 5.07. The molecule has 1 aromatic rings. The molecule has 0 aromatic heterocycles. The number of aromatic hydroxyl groups is 2. The van der Waals surface area contributed by atoms with Gasteiger partial charge in [-0.15, -0.1) is 0 Å². The van der Waals surface area contributed by atoms with Crippen molar-refractivity contribution in [1.29, 1.82) is 0 Å². The average Bonchev–Trinajstić information content (AvgIpc) is 2.38. The van der Waals surface area contributed by atoms with Crippen LogP contribution >= 0.6 is 0 Å². The lowest BCUT2D eigenvalue weighted by molar-refractivity contribution is 0.1000. The van der Waals surface area contributed by atoms with Crippen LogP contribution in [0.1, 0.15) is 62.7 Å². The van der Waals surface area contributed by atoms with Gasteiger partial charge in [0.05, 0.1) is 0 Å². The molecule has 0 aliphatic heterocycles. The smallest absolute Gasteiger partial charge is 0.248 e. The molecule has 0 spiro atoms. The summed E-state index contributed by atoms with van der Waals surface area (Å²) in [5.74, 6) is -1.25. The van der Waals surface area contributed by atoms with Gasteiger partial charge < -0.3 is 15.9 Å². The van der Waals surface area contributed by atoms with E-state index in [-0.39, 0.29) is 17.1 Å². The van der Waals surface area contributed by atoms with E-state index in [9.17, 15) is 4.79 Å². The quantitative estimate of drug-likeness (QED) is 0.544. The van der Waals surface area contributed by atoms with E-state index in [1.165, 1.54) is 50.7 Å². The minimum atomic E-state index is -0.639. The van der Waals surface area contributed by atoms with E-state index in [1.807, 2.05) is 0 Å². The maximum absolute atomic E-state index is 10.5. The molecule has 4 N–H and O–H groups in total. The van der Waals surface area contributed by atoms with E-state index in [0.29, 0.717) is 0 Å². The molecular formula is C15H25NO3. The molecule has 4 heteroatoms. The normalized spacial score (nSPS) is 9.58. The summed E-state index contributed by atoms with van der Waals surface area (Å²) < 4.78 is 0. The van der Waals surface area contributed by atoms with E-state index in [1.54, 1.807) is 0 Å². The Morgan fingerprint density at radius 1 is 1.00 bits per heavy atom. The zero-order valence-electron chi connectivity index (χ0n) is 11.9. The second kappa shape index (κ2) is 10.2. The van der Waals surface area contributed by atoms with Gasteiger partial charge >= 0.3 is 0 Å². The number of benzene rings is 1. The Morgan fingerprint density at radius 2 is 1.53 bits per heavy atom. The highest BCUT2D eigenvalue weighted by Crippen LogP contribution is 2.24. The Morgan fingerprint density at radius 3 is 1.89 bits per heavy atom. The first-order valence-electron chi connectivity index (χ1n) is 6.84. The van der Waals surface area contributed by atoms with Crippen molar-refractivity contribution in [2.45, 2.75) is 52.4 Å². The van der Waals surface area contributed by atoms with Crippen molar-refractivity contribution in [3.8, 4) is 11.5 Å². The first-order valence-corrected chi connectivity index (χ1v) is 6.84. The number of nitrogens with two attached hydrogens (primary N) is 1. The molecule has 0 bridgehead atoms. The van der Waals surface area contributed by atoms with Crippen molar-refractivity contribution in [1.82, 2.24) is 0 Å². The largest absolute Gasteiger partial charge is 0.504 e. The number of primary amides is 1. The van der Waals surface area contributed by atoms with Crippen LogP contribution in [0.4, 0.5) is 0 Å². The number of carbonyl (C=O) groups is 1. The number of carbonyl (C=O) groups excluding carboxylic acids is 1. The molecule has 19 heavy (non-hydrogen) atoms. The number of hydrogen-bond acceptors (Lipinski definition) is 3. The highest BCUT2D eigenvalue weighted by atomic mass is 16.3. The van der Waals surface area contributed by atoms with Gasteiger partial charge in [-0.2, -0.15) is 0 Å². The number of phenolic OH excluding ortho intramolecular Hbond substituents is 2. The zero-order valence-corrected chi connectivity index (χ0v) is 11.9. The van der Waals surface area contributed by atoms with E-state index in [4.69, 9.17) is 15.9 Å². The molecule has 0 saturated heterocycles. The third-order valence-electron chi connectivity index (χ3n) is 2.72. The number of rotatable bonds is 6. The molecule has 0 unspecified atom stereocenters. The van der Waals surface area contributed by atoms with Gasteiger partial charge in [-0.1, -0.05) is 52.4 Å². The van der Waals surface area contributed by atoms with Gasteiger partial charge in [-0.3, -0.25) is 4.79 Å². The van der Waals surface area contributed by atoms with Crippen LogP contribution in [0.15, 0.2) is 18.2 Å². The molecule has 0 fully saturated rings. The first-order chi connectivity index (χ1) is 9.02. The molecule has 1 amide bonds. The van der Waals surface area contributed by atoms with Crippen LogP contribution in [0.25, 0.3) is 0 Å². The lowest BCUT2D eigenvalue weighted by Crippen LogP contribution is -2.10. The predicted octanol–water partition coefficient (Wildman–Crippen LogP) is 3.56. The standard InChI is InChI=1S/C8H18.C7H7NO3/c1-3-5-7-8-6-4-2;8-7(11)4-1-2-5(9)6(10)3-4/h3-8H2,1-2H3;1-3,9-10H,(H2,8,11). The highest BCUT2D eigenvalue weighted by molar-refractivity contribution is 5.93. The monoisotopic (exact) mass is 267 g/mol. The van der Waals surface area contributed by atoms with Gasteiger partial charge in [0, 0.05) is 5.56 Å². The van der Waals surface area contributed by atoms with Crippen LogP contribution in [-0.4, -0.2) is 16.1 Å². The topological polar surface area (TPSA) is 83.6 Å². The van der Waals surface area contributed by atoms with Crippen molar-refractivity contribution in [3.05, 3.63) is 23.8 Å². The van der Waals surface area contributed by atoms with Gasteiger partial charge in [0.1, 0.15) is 0 Å². The van der Waals surface area contributed by atoms with Crippen molar-refractivity contribution in [2.75, 3.05) is 0 Å². The summed E-state index contributed by atoms with van der Waals surface area (Å²) in [4.78, 5) is 10.5. The summed E-state index contributed by atoms with van der Waals surface area (Å²) in [6.45, 7) is 4.51. The number of unbranched alkanes of at least 4 members (excludes halogenated alkanes) is 5. The summed E-state index contributed by atoms with van der Waals surface area (Å²) >= 11 is 0. The second-order valence-electron chi connectivity index (χ2n) is 4.48. The van der Waals surface area contributed by atoms with Crippen LogP contribution in [0.3, 0.4) is 0 Å². The minimum Gasteiger partial charge on any atom is -0.504 e. The molecule has 1 rings (SSSR count). The first kappa shape index (κ1) is 17.3. The molecule has 0 heterocycles. The Labute approximate surface area is 115 Å². The second-order valence-corrected chi connectivity index (χ2v) is 4.48. The van der Waals surface area contributed by atoms with Crippen LogP contribution in [0.2, 0.25) is 0 Å². The van der Waals surface area contributed by atoms with Gasteiger partial charge in [0.25, 0.3) is 0 Å². The third kappa shape index (κ3) is 8.08. The Hall–Kier alpha value is -1.71. The summed E-state index contributed by atoms with van der Waals surface area (Å²) in [7, 11) is 0. The molecule has 0 aliphatic carbocycles. The fourth-order valence-corrected chi connectivity index (χ4v) is 1.53. The predicted molar refractivity (Wildman–Crippen MR) is 77.3 cm³/mol. The van der Waals surface area contributed by atoms with Crippen LogP contribution in [0, 0.1) is 0 Å². The molecule has 0 radical (unpaired) electrons. The average molecular weight is 267 g/mol. The maximum Gasteiger partial charge on any atom is 0.248 e. The molecule has 0 saturated carbocycles. The molecule has 0 atom stereocenters. The molecule has 0 aliphatic rings. The SMILES string of the molecule is CCCCCCCC.NC(=O)c1ccc(O)c(O)c1. The van der Waals surface area contributed by atoms with Gasteiger partial charge in [0.15, 0.2) is 11.5 Å². The van der Waals surface area contributed by atoms with Crippen LogP contribution in [-0.2, 0) is 0 Å². The molecule has 108 valence electrons. The van der Waals surface area contributed by atoms with Crippen LogP contribution < -0.4 is 5.73 Å². The Balaban J connectivity index is 0.000000362. The number of amides is 1. The fourth-order valence-electron chi connectivity index (χ4n) is 1.53. The third-order valence-corrected chi connectivity index (χ3v) is 2.72. The highest BCUT2D eigenvalue weighted by Gasteiger charge is 2.03. The number of hydrogen-bond donors (Lipinski definition) is 3. The summed E-state index contributed by atoms with van der Waals surface area (Å²) in [5, 5.41) is 17.7. The molecule has 4 nitrogen and oxygen atoms in total. The molecule has 1 aromatic carbocycles. The fraction of sp³-hybridized carbons (Fsp3) is 0.533. The Kier molecular flexibility index (Phi) is 9.31. The van der Waals surface area contributed by atoms with E-state index < -0.39 is 5.91 Å². The zero-order chi connectivity index (χ0) is 14.7. The van der Waals surface area contributed by atoms with Crippen molar-refractivity contribution in [3.63, 3.8) is 0 Å². The maximum atomic E-state index is 10.5. The lowest BCUT2D eigenvalue weighted by Gasteiger charge is -1.98. The van der Waals surface area contributed by atoms with Gasteiger partial charge in [0.2, 0.25) is 5.91 Å². The van der Waals surface area contributed by atoms with E-state index in [0.717, 1.165) is 6.07 Å². The Bertz CT molecular complexity index is 372. The van der Waals surface area contributed by atoms with Crippen LogP contribution in [0.5, 0.6) is 11.5 Å². The van der Waals surface area contributed by atoms with E-state index >= 15 is 0 Å². The lowest BCUT2D eigenvalue weighted by atomic mass is 10.1. The van der Waals surface area contributed by atoms with Gasteiger partial charge in [-0.25, -0.2) is 0 Å². The number of phenols is 2. The summed E-state index contributed by atoms with van der Waals surface area (Å²) in [6, 6.07) is 3.64. The molecular weight excluding hydrogens is 242 g/mol. The minimum absolute atomic E-state index is 0.167. The van der Waals surface area contributed by atoms with E-state index in [2.05, 4.69) is 13.8 Å². The van der Waals surface area contributed by atoms with Crippen molar-refractivity contribution >= 4 is 5.91 Å². The van der Waals surface area contributed by atoms with Crippen molar-refractivity contribution < 1.29 is 15.0 Å².